The number of halogens is 6. The van der Waals surface area contributed by atoms with Gasteiger partial charge in [0.05, 0.1) is 17.5 Å². The van der Waals surface area contributed by atoms with Crippen LogP contribution >= 0.6 is 0 Å². The highest BCUT2D eigenvalue weighted by Crippen LogP contribution is 2.37. The fraction of sp³-hybridized carbons (Fsp3) is 0.417. The molecule has 0 amide bonds. The molecule has 1 aromatic rings. The summed E-state index contributed by atoms with van der Waals surface area (Å²) in [5.74, 6) is -1.35. The van der Waals surface area contributed by atoms with Gasteiger partial charge in [-0.3, -0.25) is 4.79 Å². The zero-order valence-corrected chi connectivity index (χ0v) is 10.6. The highest BCUT2D eigenvalue weighted by atomic mass is 19.4. The molecular weight excluding hydrogens is 304 g/mol. The normalized spacial score (nSPS) is 14.0. The number of alkyl halides is 6. The third kappa shape index (κ3) is 4.62. The quantitative estimate of drug-likeness (QED) is 0.837. The van der Waals surface area contributed by atoms with Gasteiger partial charge in [0, 0.05) is 6.04 Å². The summed E-state index contributed by atoms with van der Waals surface area (Å²) in [6.45, 7) is 0. The molecule has 21 heavy (non-hydrogen) atoms. The highest BCUT2D eigenvalue weighted by Gasteiger charge is 2.37. The average molecular weight is 315 g/mol. The molecule has 2 N–H and O–H groups in total. The van der Waals surface area contributed by atoms with Crippen molar-refractivity contribution in [1.82, 2.24) is 5.32 Å². The van der Waals surface area contributed by atoms with Gasteiger partial charge in [-0.15, -0.1) is 0 Å². The number of carbonyl (C=O) groups is 1. The van der Waals surface area contributed by atoms with Crippen molar-refractivity contribution in [3.05, 3.63) is 34.9 Å². The minimum atomic E-state index is -4.96. The van der Waals surface area contributed by atoms with Crippen molar-refractivity contribution in [3.63, 3.8) is 0 Å². The Morgan fingerprint density at radius 1 is 1.10 bits per heavy atom. The van der Waals surface area contributed by atoms with E-state index in [4.69, 9.17) is 5.11 Å². The number of benzene rings is 1. The Balaban J connectivity index is 3.40. The summed E-state index contributed by atoms with van der Waals surface area (Å²) in [7, 11) is 1.25. The molecule has 0 radical (unpaired) electrons. The van der Waals surface area contributed by atoms with Gasteiger partial charge in [-0.2, -0.15) is 26.3 Å². The van der Waals surface area contributed by atoms with Crippen LogP contribution in [0.2, 0.25) is 0 Å². The second kappa shape index (κ2) is 5.92. The lowest BCUT2D eigenvalue weighted by molar-refractivity contribution is -0.143. The molecule has 9 heteroatoms. The van der Waals surface area contributed by atoms with Crippen LogP contribution in [0, 0.1) is 0 Å². The summed E-state index contributed by atoms with van der Waals surface area (Å²) in [5.41, 5.74) is -3.34. The molecule has 0 aliphatic heterocycles. The van der Waals surface area contributed by atoms with Crippen molar-refractivity contribution in [2.24, 2.45) is 0 Å². The second-order valence-corrected chi connectivity index (χ2v) is 4.28. The predicted octanol–water partition coefficient (Wildman–Crippen LogP) is 3.46. The van der Waals surface area contributed by atoms with Crippen LogP contribution in [0.25, 0.3) is 0 Å². The summed E-state index contributed by atoms with van der Waals surface area (Å²) in [6.07, 6.45) is -10.6. The molecule has 118 valence electrons. The van der Waals surface area contributed by atoms with Crippen LogP contribution in [0.15, 0.2) is 18.2 Å². The molecule has 3 nitrogen and oxygen atoms in total. The molecule has 0 fully saturated rings. The van der Waals surface area contributed by atoms with Gasteiger partial charge in [-0.1, -0.05) is 0 Å². The van der Waals surface area contributed by atoms with E-state index in [1.165, 1.54) is 7.05 Å². The summed E-state index contributed by atoms with van der Waals surface area (Å²) in [5, 5.41) is 11.0. The Morgan fingerprint density at radius 3 is 1.81 bits per heavy atom. The smallest absolute Gasteiger partial charge is 0.416 e. The molecule has 0 bridgehead atoms. The Morgan fingerprint density at radius 2 is 1.52 bits per heavy atom. The van der Waals surface area contributed by atoms with Gasteiger partial charge in [0.25, 0.3) is 0 Å². The molecule has 0 aliphatic carbocycles. The second-order valence-electron chi connectivity index (χ2n) is 4.28. The monoisotopic (exact) mass is 315 g/mol. The molecular formula is C12H11F6NO2. The molecule has 0 saturated heterocycles. The van der Waals surface area contributed by atoms with E-state index in [9.17, 15) is 31.1 Å². The van der Waals surface area contributed by atoms with Gasteiger partial charge in [0.1, 0.15) is 0 Å². The first kappa shape index (κ1) is 17.3. The maximum absolute atomic E-state index is 12.7. The number of nitrogens with one attached hydrogen (secondary N) is 1. The largest absolute Gasteiger partial charge is 0.481 e. The Hall–Kier alpha value is -1.77. The number of rotatable bonds is 4. The fourth-order valence-electron chi connectivity index (χ4n) is 1.74. The molecule has 1 atom stereocenters. The first-order valence-corrected chi connectivity index (χ1v) is 5.63. The molecule has 0 aliphatic rings. The van der Waals surface area contributed by atoms with E-state index in [2.05, 4.69) is 5.32 Å². The van der Waals surface area contributed by atoms with Crippen molar-refractivity contribution in [3.8, 4) is 0 Å². The Bertz CT molecular complexity index is 491. The molecule has 0 saturated carbocycles. The molecule has 0 heterocycles. The van der Waals surface area contributed by atoms with Crippen LogP contribution in [-0.4, -0.2) is 18.1 Å². The average Bonchev–Trinajstić information content (AvgIpc) is 2.33. The number of hydrogen-bond donors (Lipinski definition) is 2. The van der Waals surface area contributed by atoms with E-state index < -0.39 is 41.9 Å². The van der Waals surface area contributed by atoms with Crippen molar-refractivity contribution in [2.45, 2.75) is 24.8 Å². The van der Waals surface area contributed by atoms with E-state index in [-0.39, 0.29) is 11.6 Å². The van der Waals surface area contributed by atoms with Crippen molar-refractivity contribution in [2.75, 3.05) is 7.05 Å². The highest BCUT2D eigenvalue weighted by molar-refractivity contribution is 5.68. The molecule has 0 spiro atoms. The van der Waals surface area contributed by atoms with Crippen LogP contribution in [0.4, 0.5) is 26.3 Å². The standard InChI is InChI=1S/C12H11F6NO2/c1-19-9(5-10(20)21)6-2-7(11(13,14)15)4-8(3-6)12(16,17)18/h2-4,9,19H,5H2,1H3,(H,20,21). The third-order valence-electron chi connectivity index (χ3n) is 2.74. The van der Waals surface area contributed by atoms with Gasteiger partial charge >= 0.3 is 18.3 Å². The van der Waals surface area contributed by atoms with E-state index in [0.29, 0.717) is 12.1 Å². The van der Waals surface area contributed by atoms with E-state index >= 15 is 0 Å². The van der Waals surface area contributed by atoms with Gasteiger partial charge < -0.3 is 10.4 Å². The third-order valence-corrected chi connectivity index (χ3v) is 2.74. The van der Waals surface area contributed by atoms with Gasteiger partial charge in [-0.25, -0.2) is 0 Å². The summed E-state index contributed by atoms with van der Waals surface area (Å²) < 4.78 is 76.0. The van der Waals surface area contributed by atoms with Crippen molar-refractivity contribution in [1.29, 1.82) is 0 Å². The van der Waals surface area contributed by atoms with Crippen LogP contribution in [0.1, 0.15) is 29.2 Å². The summed E-state index contributed by atoms with van der Waals surface area (Å²) in [4.78, 5) is 10.6. The minimum absolute atomic E-state index is 0.00299. The summed E-state index contributed by atoms with van der Waals surface area (Å²) in [6, 6.07) is -0.138. The van der Waals surface area contributed by atoms with Crippen LogP contribution in [0.5, 0.6) is 0 Å². The fourth-order valence-corrected chi connectivity index (χ4v) is 1.74. The Labute approximate surface area is 115 Å². The zero-order valence-electron chi connectivity index (χ0n) is 10.6. The minimum Gasteiger partial charge on any atom is -0.481 e. The lowest BCUT2D eigenvalue weighted by Crippen LogP contribution is -2.21. The maximum Gasteiger partial charge on any atom is 0.416 e. The SMILES string of the molecule is CNC(CC(=O)O)c1cc(C(F)(F)F)cc(C(F)(F)F)c1. The number of carboxylic acids is 1. The first-order chi connectivity index (χ1) is 9.45. The van der Waals surface area contributed by atoms with Crippen LogP contribution in [0.3, 0.4) is 0 Å². The lowest BCUT2D eigenvalue weighted by Gasteiger charge is -2.19. The van der Waals surface area contributed by atoms with Gasteiger partial charge in [0.15, 0.2) is 0 Å². The van der Waals surface area contributed by atoms with E-state index in [1.54, 1.807) is 0 Å². The number of carboxylic acid groups (broad SMARTS) is 1. The number of aliphatic carboxylic acids is 1. The molecule has 1 aromatic carbocycles. The van der Waals surface area contributed by atoms with E-state index in [0.717, 1.165) is 0 Å². The van der Waals surface area contributed by atoms with Gasteiger partial charge in [-0.05, 0) is 30.8 Å². The van der Waals surface area contributed by atoms with Crippen LogP contribution < -0.4 is 5.32 Å². The number of hydrogen-bond acceptors (Lipinski definition) is 2. The maximum atomic E-state index is 12.7. The van der Waals surface area contributed by atoms with Crippen molar-refractivity contribution < 1.29 is 36.2 Å². The lowest BCUT2D eigenvalue weighted by atomic mass is 9.97. The predicted molar refractivity (Wildman–Crippen MR) is 60.5 cm³/mol. The topological polar surface area (TPSA) is 49.3 Å². The zero-order chi connectivity index (χ0) is 16.4. The Kier molecular flexibility index (Phi) is 4.87. The summed E-state index contributed by atoms with van der Waals surface area (Å²) >= 11 is 0. The molecule has 1 rings (SSSR count). The molecule has 1 unspecified atom stereocenters. The molecule has 0 aromatic heterocycles. The van der Waals surface area contributed by atoms with E-state index in [1.807, 2.05) is 0 Å². The van der Waals surface area contributed by atoms with Gasteiger partial charge in [0.2, 0.25) is 0 Å². The van der Waals surface area contributed by atoms with Crippen molar-refractivity contribution >= 4 is 5.97 Å². The van der Waals surface area contributed by atoms with Crippen LogP contribution in [-0.2, 0) is 17.1 Å². The first-order valence-electron chi connectivity index (χ1n) is 5.63.